The zero-order valence-electron chi connectivity index (χ0n) is 30.2. The van der Waals surface area contributed by atoms with E-state index in [0.717, 1.165) is 0 Å². The number of nitrogens with two attached hydrogens (primary N) is 3. The van der Waals surface area contributed by atoms with Crippen molar-refractivity contribution >= 4 is 35.6 Å². The number of hydrogen-bond donors (Lipinski definition) is 10. The van der Waals surface area contributed by atoms with Crippen molar-refractivity contribution in [2.45, 2.75) is 96.4 Å². The van der Waals surface area contributed by atoms with Gasteiger partial charge in [0, 0.05) is 13.0 Å². The van der Waals surface area contributed by atoms with Gasteiger partial charge in [0.25, 0.3) is 0 Å². The zero-order chi connectivity index (χ0) is 39.0. The lowest BCUT2D eigenvalue weighted by atomic mass is 9.98. The molecule has 0 bridgehead atoms. The van der Waals surface area contributed by atoms with E-state index in [1.807, 2.05) is 13.8 Å². The number of benzene rings is 2. The highest BCUT2D eigenvalue weighted by Gasteiger charge is 2.33. The van der Waals surface area contributed by atoms with Gasteiger partial charge in [-0.05, 0) is 72.9 Å². The van der Waals surface area contributed by atoms with Crippen LogP contribution in [0.25, 0.3) is 0 Å². The molecule has 2 aromatic carbocycles. The molecule has 52 heavy (non-hydrogen) atoms. The molecular weight excluding hydrogens is 672 g/mol. The lowest BCUT2D eigenvalue weighted by molar-refractivity contribution is -0.144. The van der Waals surface area contributed by atoms with Gasteiger partial charge in [0.15, 0.2) is 5.96 Å². The van der Waals surface area contributed by atoms with E-state index in [1.165, 1.54) is 24.3 Å². The van der Waals surface area contributed by atoms with Crippen LogP contribution in [0.15, 0.2) is 53.5 Å². The Morgan fingerprint density at radius 3 is 1.69 bits per heavy atom. The minimum Gasteiger partial charge on any atom is -0.508 e. The third kappa shape index (κ3) is 14.8. The average Bonchev–Trinajstić information content (AvgIpc) is 3.08. The van der Waals surface area contributed by atoms with E-state index in [1.54, 1.807) is 38.1 Å². The Labute approximate surface area is 304 Å². The molecule has 16 heteroatoms. The minimum absolute atomic E-state index is 0.00842. The lowest BCUT2D eigenvalue weighted by Gasteiger charge is -2.28. The van der Waals surface area contributed by atoms with Crippen molar-refractivity contribution in [1.29, 1.82) is 0 Å². The van der Waals surface area contributed by atoms with Crippen molar-refractivity contribution < 1.29 is 39.3 Å². The van der Waals surface area contributed by atoms with E-state index in [4.69, 9.17) is 17.2 Å². The van der Waals surface area contributed by atoms with E-state index in [2.05, 4.69) is 26.3 Å². The Kier molecular flexibility index (Phi) is 17.4. The van der Waals surface area contributed by atoms with Crippen LogP contribution in [-0.2, 0) is 36.8 Å². The monoisotopic (exact) mass is 726 g/mol. The van der Waals surface area contributed by atoms with Crippen LogP contribution in [0.5, 0.6) is 11.5 Å². The fourth-order valence-corrected chi connectivity index (χ4v) is 5.29. The van der Waals surface area contributed by atoms with Crippen LogP contribution >= 0.6 is 0 Å². The van der Waals surface area contributed by atoms with Gasteiger partial charge >= 0.3 is 5.97 Å². The van der Waals surface area contributed by atoms with E-state index >= 15 is 0 Å². The Morgan fingerprint density at radius 2 is 1.19 bits per heavy atom. The summed E-state index contributed by atoms with van der Waals surface area (Å²) in [4.78, 5) is 70.2. The second-order valence-electron chi connectivity index (χ2n) is 13.3. The maximum atomic E-state index is 13.9. The highest BCUT2D eigenvalue weighted by Crippen LogP contribution is 2.15. The molecular formula is C36H54N8O8. The number of aliphatic imine (C=N–C) groups is 1. The van der Waals surface area contributed by atoms with Crippen molar-refractivity contribution in [1.82, 2.24) is 21.3 Å². The number of guanidine groups is 1. The number of aliphatic carboxylic acids is 1. The van der Waals surface area contributed by atoms with Crippen LogP contribution in [0.4, 0.5) is 0 Å². The Morgan fingerprint density at radius 1 is 0.712 bits per heavy atom. The van der Waals surface area contributed by atoms with Gasteiger partial charge in [-0.3, -0.25) is 24.2 Å². The quantitative estimate of drug-likeness (QED) is 0.0477. The number of carbonyl (C=O) groups excluding carboxylic acids is 4. The van der Waals surface area contributed by atoms with Crippen molar-refractivity contribution in [3.8, 4) is 11.5 Å². The number of phenols is 2. The summed E-state index contributed by atoms with van der Waals surface area (Å²) in [5, 5.41) is 39.7. The molecule has 13 N–H and O–H groups in total. The summed E-state index contributed by atoms with van der Waals surface area (Å²) in [6, 6.07) is 6.43. The highest BCUT2D eigenvalue weighted by molar-refractivity contribution is 5.95. The molecule has 4 amide bonds. The summed E-state index contributed by atoms with van der Waals surface area (Å²) < 4.78 is 0. The smallest absolute Gasteiger partial charge is 0.326 e. The first-order chi connectivity index (χ1) is 24.5. The molecule has 2 rings (SSSR count). The van der Waals surface area contributed by atoms with E-state index in [9.17, 15) is 39.3 Å². The molecule has 2 aromatic rings. The molecule has 0 aromatic heterocycles. The van der Waals surface area contributed by atoms with E-state index in [0.29, 0.717) is 17.5 Å². The second-order valence-corrected chi connectivity index (χ2v) is 13.3. The van der Waals surface area contributed by atoms with Crippen LogP contribution in [0.1, 0.15) is 64.5 Å². The molecule has 0 heterocycles. The van der Waals surface area contributed by atoms with Gasteiger partial charge in [0.05, 0.1) is 6.04 Å². The first-order valence-corrected chi connectivity index (χ1v) is 17.3. The number of hydrogen-bond acceptors (Lipinski definition) is 9. The summed E-state index contributed by atoms with van der Waals surface area (Å²) >= 11 is 0. The topological polar surface area (TPSA) is 285 Å². The van der Waals surface area contributed by atoms with Gasteiger partial charge in [-0.2, -0.15) is 0 Å². The molecule has 16 nitrogen and oxygen atoms in total. The first kappa shape index (κ1) is 42.8. The molecule has 0 spiro atoms. The number of carboxylic acids is 1. The molecule has 0 saturated carbocycles. The first-order valence-electron chi connectivity index (χ1n) is 17.3. The molecule has 286 valence electrons. The van der Waals surface area contributed by atoms with Gasteiger partial charge in [-0.15, -0.1) is 0 Å². The number of rotatable bonds is 21. The van der Waals surface area contributed by atoms with Crippen LogP contribution < -0.4 is 38.5 Å². The van der Waals surface area contributed by atoms with Crippen molar-refractivity contribution in [2.75, 3.05) is 6.54 Å². The normalized spacial score (nSPS) is 14.5. The number of nitrogens with one attached hydrogen (secondary N) is 4. The summed E-state index contributed by atoms with van der Waals surface area (Å²) in [7, 11) is 0. The number of nitrogens with zero attached hydrogens (tertiary/aromatic N) is 1. The Hall–Kier alpha value is -5.38. The van der Waals surface area contributed by atoms with Crippen LogP contribution in [0, 0.1) is 11.8 Å². The van der Waals surface area contributed by atoms with Crippen molar-refractivity contribution in [3.63, 3.8) is 0 Å². The number of carbonyl (C=O) groups is 5. The number of aromatic hydroxyl groups is 2. The fourth-order valence-electron chi connectivity index (χ4n) is 5.29. The minimum atomic E-state index is -1.22. The lowest BCUT2D eigenvalue weighted by Crippen LogP contribution is -2.59. The second kappa shape index (κ2) is 21.1. The predicted molar refractivity (Wildman–Crippen MR) is 196 cm³/mol. The molecule has 0 radical (unpaired) electrons. The average molecular weight is 727 g/mol. The fraction of sp³-hybridized carbons (Fsp3) is 0.500. The van der Waals surface area contributed by atoms with E-state index in [-0.39, 0.29) is 62.0 Å². The maximum absolute atomic E-state index is 13.9. The standard InChI is InChI=1S/C36H54N8O8/c1-5-21(4)30(35(51)52)44-32(48)27(7-6-16-40-36(38)39)41-33(49)28(17-20(2)3)43-34(50)29(19-23-10-14-25(46)15-11-23)42-31(47)26(37)18-22-8-12-24(45)13-9-22/h8-15,20-21,26-30,45-46H,5-7,16-19,37H2,1-4H3,(H,41,49)(H,42,47)(H,43,50)(H,44,48)(H,51,52)(H4,38,39,40)/t21-,26-,27-,28-,29-,30-/m0/s1. The maximum Gasteiger partial charge on any atom is 0.326 e. The van der Waals surface area contributed by atoms with Crippen LogP contribution in [0.2, 0.25) is 0 Å². The summed E-state index contributed by atoms with van der Waals surface area (Å²) in [6.45, 7) is 7.31. The van der Waals surface area contributed by atoms with E-state index < -0.39 is 65.7 Å². The Balaban J connectivity index is 2.33. The third-order valence-electron chi connectivity index (χ3n) is 8.43. The molecule has 0 aliphatic rings. The van der Waals surface area contributed by atoms with Crippen molar-refractivity contribution in [2.24, 2.45) is 34.0 Å². The highest BCUT2D eigenvalue weighted by atomic mass is 16.4. The number of amides is 4. The predicted octanol–water partition coefficient (Wildman–Crippen LogP) is 0.380. The van der Waals surface area contributed by atoms with Gasteiger partial charge in [-0.1, -0.05) is 58.4 Å². The molecule has 6 atom stereocenters. The zero-order valence-corrected chi connectivity index (χ0v) is 30.2. The van der Waals surface area contributed by atoms with Gasteiger partial charge in [0.2, 0.25) is 23.6 Å². The summed E-state index contributed by atoms with van der Waals surface area (Å²) in [5.41, 5.74) is 18.3. The Bertz CT molecular complexity index is 1510. The van der Waals surface area contributed by atoms with Gasteiger partial charge in [0.1, 0.15) is 35.7 Å². The number of phenolic OH excluding ortho intramolecular Hbond substituents is 2. The SMILES string of the molecule is CC[C@H](C)[C@H](NC(=O)[C@H](CCCN=C(N)N)NC(=O)[C@H](CC(C)C)NC(=O)[C@H](Cc1ccc(O)cc1)NC(=O)[C@@H](N)Cc1ccc(O)cc1)C(=O)O. The molecule has 0 saturated heterocycles. The van der Waals surface area contributed by atoms with Gasteiger partial charge < -0.3 is 53.8 Å². The molecule has 0 fully saturated rings. The van der Waals surface area contributed by atoms with Crippen LogP contribution in [-0.4, -0.2) is 87.6 Å². The summed E-state index contributed by atoms with van der Waals surface area (Å²) in [5.74, 6) is -4.56. The van der Waals surface area contributed by atoms with Crippen molar-refractivity contribution in [3.05, 3.63) is 59.7 Å². The molecule has 0 aliphatic heterocycles. The number of carboxylic acid groups (broad SMARTS) is 1. The van der Waals surface area contributed by atoms with Crippen LogP contribution in [0.3, 0.4) is 0 Å². The largest absolute Gasteiger partial charge is 0.508 e. The summed E-state index contributed by atoms with van der Waals surface area (Å²) in [6.07, 6.45) is 1.06. The molecule has 0 aliphatic carbocycles. The van der Waals surface area contributed by atoms with Gasteiger partial charge in [-0.25, -0.2) is 4.79 Å². The third-order valence-corrected chi connectivity index (χ3v) is 8.43. The molecule has 0 unspecified atom stereocenters.